The predicted octanol–water partition coefficient (Wildman–Crippen LogP) is 0.278. The zero-order valence-electron chi connectivity index (χ0n) is 9.82. The number of aromatic nitrogens is 2. The highest BCUT2D eigenvalue weighted by Crippen LogP contribution is 2.14. The average Bonchev–Trinajstić information content (AvgIpc) is 2.81. The summed E-state index contributed by atoms with van der Waals surface area (Å²) in [6.45, 7) is 1.70. The zero-order chi connectivity index (χ0) is 14.0. The third-order valence-corrected chi connectivity index (χ3v) is 2.90. The molecule has 9 heteroatoms. The summed E-state index contributed by atoms with van der Waals surface area (Å²) in [5, 5.41) is 6.85. The van der Waals surface area contributed by atoms with Gasteiger partial charge in [0.1, 0.15) is 5.82 Å². The van der Waals surface area contributed by atoms with E-state index >= 15 is 0 Å². The van der Waals surface area contributed by atoms with Crippen molar-refractivity contribution < 1.29 is 17.6 Å². The molecule has 2 aromatic heterocycles. The van der Waals surface area contributed by atoms with E-state index in [0.717, 1.165) is 6.07 Å². The fraction of sp³-hybridized carbons (Fsp3) is 0.100. The Morgan fingerprint density at radius 3 is 2.47 bits per heavy atom. The number of aryl methyl sites for hydroxylation is 1. The van der Waals surface area contributed by atoms with Crippen LogP contribution in [0.25, 0.3) is 0 Å². The lowest BCUT2D eigenvalue weighted by Gasteiger charge is -2.01. The van der Waals surface area contributed by atoms with Gasteiger partial charge in [0.05, 0.1) is 18.1 Å². The molecule has 0 aliphatic carbocycles. The summed E-state index contributed by atoms with van der Waals surface area (Å²) in [6, 6.07) is 2.32. The Labute approximate surface area is 108 Å². The van der Waals surface area contributed by atoms with Crippen LogP contribution in [0.5, 0.6) is 0 Å². The summed E-state index contributed by atoms with van der Waals surface area (Å²) < 4.78 is 26.8. The van der Waals surface area contributed by atoms with Crippen LogP contribution >= 0.6 is 0 Å². The van der Waals surface area contributed by atoms with Gasteiger partial charge in [0, 0.05) is 0 Å². The maximum Gasteiger partial charge on any atom is 0.291 e. The maximum absolute atomic E-state index is 11.7. The van der Waals surface area contributed by atoms with Gasteiger partial charge < -0.3 is 9.73 Å². The number of amides is 1. The molecule has 0 saturated heterocycles. The van der Waals surface area contributed by atoms with Crippen LogP contribution < -0.4 is 10.5 Å². The molecule has 2 heterocycles. The van der Waals surface area contributed by atoms with Crippen molar-refractivity contribution in [2.45, 2.75) is 12.0 Å². The SMILES string of the molecule is Cc1ncc(NC(=O)c2ccc(S(N)(=O)=O)o2)cn1. The highest BCUT2D eigenvalue weighted by Gasteiger charge is 2.17. The van der Waals surface area contributed by atoms with Crippen LogP contribution in [0.1, 0.15) is 16.4 Å². The van der Waals surface area contributed by atoms with Crippen LogP contribution in [-0.2, 0) is 10.0 Å². The number of carbonyl (C=O) groups excluding carboxylic acids is 1. The summed E-state index contributed by atoms with van der Waals surface area (Å²) in [5.41, 5.74) is 0.365. The minimum absolute atomic E-state index is 0.176. The first-order valence-corrected chi connectivity index (χ1v) is 6.63. The number of nitrogens with two attached hydrogens (primary N) is 1. The molecule has 0 fully saturated rings. The molecule has 2 aromatic rings. The number of hydrogen-bond donors (Lipinski definition) is 2. The van der Waals surface area contributed by atoms with E-state index in [1.165, 1.54) is 18.5 Å². The fourth-order valence-corrected chi connectivity index (χ4v) is 1.71. The van der Waals surface area contributed by atoms with Crippen molar-refractivity contribution in [2.75, 3.05) is 5.32 Å². The van der Waals surface area contributed by atoms with Gasteiger partial charge in [0.15, 0.2) is 5.76 Å². The Kier molecular flexibility index (Phi) is 3.32. The number of hydrogen-bond acceptors (Lipinski definition) is 6. The molecule has 0 bridgehead atoms. The van der Waals surface area contributed by atoms with E-state index in [1.54, 1.807) is 6.92 Å². The summed E-state index contributed by atoms with van der Waals surface area (Å²) >= 11 is 0. The minimum Gasteiger partial charge on any atom is -0.438 e. The zero-order valence-corrected chi connectivity index (χ0v) is 10.6. The van der Waals surface area contributed by atoms with E-state index in [9.17, 15) is 13.2 Å². The summed E-state index contributed by atoms with van der Waals surface area (Å²) in [6.07, 6.45) is 2.84. The van der Waals surface area contributed by atoms with E-state index in [2.05, 4.69) is 15.3 Å². The number of nitrogens with one attached hydrogen (secondary N) is 1. The fourth-order valence-electron chi connectivity index (χ4n) is 1.24. The number of rotatable bonds is 3. The molecule has 100 valence electrons. The van der Waals surface area contributed by atoms with Gasteiger partial charge in [-0.3, -0.25) is 4.79 Å². The second kappa shape index (κ2) is 4.78. The van der Waals surface area contributed by atoms with Gasteiger partial charge in [-0.05, 0) is 19.1 Å². The number of anilines is 1. The second-order valence-electron chi connectivity index (χ2n) is 3.64. The van der Waals surface area contributed by atoms with E-state index in [1.807, 2.05) is 0 Å². The number of nitrogens with zero attached hydrogens (tertiary/aromatic N) is 2. The molecular formula is C10H10N4O4S. The Balaban J connectivity index is 2.16. The lowest BCUT2D eigenvalue weighted by molar-refractivity contribution is 0.0991. The quantitative estimate of drug-likeness (QED) is 0.831. The van der Waals surface area contributed by atoms with E-state index < -0.39 is 21.0 Å². The van der Waals surface area contributed by atoms with Crippen LogP contribution in [0, 0.1) is 6.92 Å². The molecule has 3 N–H and O–H groups in total. The van der Waals surface area contributed by atoms with Gasteiger partial charge in [-0.25, -0.2) is 23.5 Å². The van der Waals surface area contributed by atoms with Crippen molar-refractivity contribution in [1.29, 1.82) is 0 Å². The van der Waals surface area contributed by atoms with Gasteiger partial charge >= 0.3 is 0 Å². The monoisotopic (exact) mass is 282 g/mol. The van der Waals surface area contributed by atoms with Crippen LogP contribution in [0.15, 0.2) is 34.0 Å². The summed E-state index contributed by atoms with van der Waals surface area (Å²) in [4.78, 5) is 19.5. The first-order valence-electron chi connectivity index (χ1n) is 5.09. The summed E-state index contributed by atoms with van der Waals surface area (Å²) in [5.74, 6) is -0.237. The third-order valence-electron chi connectivity index (χ3n) is 2.12. The maximum atomic E-state index is 11.7. The summed E-state index contributed by atoms with van der Waals surface area (Å²) in [7, 11) is -3.97. The van der Waals surface area contributed by atoms with Crippen molar-refractivity contribution in [1.82, 2.24) is 9.97 Å². The lowest BCUT2D eigenvalue weighted by atomic mass is 10.4. The van der Waals surface area contributed by atoms with Crippen molar-refractivity contribution in [3.63, 3.8) is 0 Å². The Morgan fingerprint density at radius 1 is 1.32 bits per heavy atom. The molecule has 0 aliphatic rings. The number of primary sulfonamides is 1. The standard InChI is InChI=1S/C10H10N4O4S/c1-6-12-4-7(5-13-6)14-10(15)8-2-3-9(18-8)19(11,16)17/h2-5H,1H3,(H,14,15)(H2,11,16,17). The molecular weight excluding hydrogens is 272 g/mol. The van der Waals surface area contributed by atoms with Crippen LogP contribution in [0.4, 0.5) is 5.69 Å². The topological polar surface area (TPSA) is 128 Å². The second-order valence-corrected chi connectivity index (χ2v) is 5.13. The average molecular weight is 282 g/mol. The van der Waals surface area contributed by atoms with E-state index in [0.29, 0.717) is 11.5 Å². The van der Waals surface area contributed by atoms with Crippen LogP contribution in [0.3, 0.4) is 0 Å². The number of furan rings is 1. The smallest absolute Gasteiger partial charge is 0.291 e. The van der Waals surface area contributed by atoms with E-state index in [4.69, 9.17) is 9.56 Å². The Bertz CT molecular complexity index is 705. The van der Waals surface area contributed by atoms with Crippen LogP contribution in [0.2, 0.25) is 0 Å². The van der Waals surface area contributed by atoms with E-state index in [-0.39, 0.29) is 5.76 Å². The van der Waals surface area contributed by atoms with Gasteiger partial charge in [0.25, 0.3) is 15.9 Å². The molecule has 0 spiro atoms. The number of sulfonamides is 1. The Morgan fingerprint density at radius 2 is 1.95 bits per heavy atom. The molecule has 0 aliphatic heterocycles. The van der Waals surface area contributed by atoms with Gasteiger partial charge in [-0.1, -0.05) is 0 Å². The predicted molar refractivity (Wildman–Crippen MR) is 64.8 cm³/mol. The van der Waals surface area contributed by atoms with Crippen molar-refractivity contribution in [2.24, 2.45) is 5.14 Å². The van der Waals surface area contributed by atoms with Crippen LogP contribution in [-0.4, -0.2) is 24.3 Å². The molecule has 2 rings (SSSR count). The van der Waals surface area contributed by atoms with Crippen molar-refractivity contribution >= 4 is 21.6 Å². The molecule has 8 nitrogen and oxygen atoms in total. The molecule has 0 saturated carbocycles. The molecule has 0 radical (unpaired) electrons. The molecule has 0 atom stereocenters. The Hall–Kier alpha value is -2.26. The first kappa shape index (κ1) is 13.2. The molecule has 0 aromatic carbocycles. The highest BCUT2D eigenvalue weighted by atomic mass is 32.2. The van der Waals surface area contributed by atoms with Gasteiger partial charge in [0.2, 0.25) is 5.09 Å². The van der Waals surface area contributed by atoms with Gasteiger partial charge in [-0.15, -0.1) is 0 Å². The highest BCUT2D eigenvalue weighted by molar-refractivity contribution is 7.89. The van der Waals surface area contributed by atoms with Crippen molar-refractivity contribution in [3.05, 3.63) is 36.1 Å². The molecule has 0 unspecified atom stereocenters. The molecule has 1 amide bonds. The largest absolute Gasteiger partial charge is 0.438 e. The van der Waals surface area contributed by atoms with Crippen molar-refractivity contribution in [3.8, 4) is 0 Å². The number of carbonyl (C=O) groups is 1. The van der Waals surface area contributed by atoms with Gasteiger partial charge in [-0.2, -0.15) is 0 Å². The first-order chi connectivity index (χ1) is 8.86. The normalized spacial score (nSPS) is 11.3. The third kappa shape index (κ3) is 3.14. The lowest BCUT2D eigenvalue weighted by Crippen LogP contribution is -2.13. The minimum atomic E-state index is -3.97. The molecule has 19 heavy (non-hydrogen) atoms.